The summed E-state index contributed by atoms with van der Waals surface area (Å²) in [7, 11) is 0. The molecule has 3 rings (SSSR count). The maximum Gasteiger partial charge on any atom is 0.125 e. The van der Waals surface area contributed by atoms with Crippen molar-refractivity contribution in [3.05, 3.63) is 58.4 Å². The zero-order valence-corrected chi connectivity index (χ0v) is 11.7. The van der Waals surface area contributed by atoms with Crippen LogP contribution >= 0.6 is 23.2 Å². The van der Waals surface area contributed by atoms with E-state index in [1.807, 2.05) is 24.3 Å². The van der Waals surface area contributed by atoms with Gasteiger partial charge in [0.15, 0.2) is 0 Å². The van der Waals surface area contributed by atoms with Crippen molar-refractivity contribution in [1.82, 2.24) is 0 Å². The van der Waals surface area contributed by atoms with Gasteiger partial charge in [0.25, 0.3) is 0 Å². The molecule has 0 spiro atoms. The molecule has 1 nitrogen and oxygen atoms in total. The molecule has 19 heavy (non-hydrogen) atoms. The lowest BCUT2D eigenvalue weighted by molar-refractivity contribution is 0.628. The Labute approximate surface area is 121 Å². The minimum absolute atomic E-state index is 0.216. The van der Waals surface area contributed by atoms with Crippen LogP contribution in [0.5, 0.6) is 0 Å². The smallest absolute Gasteiger partial charge is 0.125 e. The number of alkyl halides is 1. The molecule has 0 aromatic heterocycles. The number of benzene rings is 2. The molecule has 0 amide bonds. The maximum absolute atomic E-state index is 13.4. The molecule has 1 aliphatic rings. The van der Waals surface area contributed by atoms with Crippen LogP contribution in [0.15, 0.2) is 36.4 Å². The predicted molar refractivity (Wildman–Crippen MR) is 78.1 cm³/mol. The largest absolute Gasteiger partial charge is 0.341 e. The van der Waals surface area contributed by atoms with E-state index in [1.54, 1.807) is 6.07 Å². The molecule has 2 aromatic carbocycles. The number of hydrogen-bond donors (Lipinski definition) is 0. The first-order chi connectivity index (χ1) is 9.19. The van der Waals surface area contributed by atoms with Gasteiger partial charge in [0.1, 0.15) is 5.82 Å². The molecule has 0 aliphatic carbocycles. The van der Waals surface area contributed by atoms with E-state index in [-0.39, 0.29) is 5.82 Å². The second kappa shape index (κ2) is 5.03. The number of nitrogens with zero attached hydrogens (tertiary/aromatic N) is 1. The molecule has 0 unspecified atom stereocenters. The van der Waals surface area contributed by atoms with Gasteiger partial charge < -0.3 is 4.90 Å². The third kappa shape index (κ3) is 2.31. The summed E-state index contributed by atoms with van der Waals surface area (Å²) >= 11 is 12.0. The van der Waals surface area contributed by atoms with Gasteiger partial charge in [-0.05, 0) is 47.9 Å². The average Bonchev–Trinajstić information content (AvgIpc) is 2.81. The highest BCUT2D eigenvalue weighted by Crippen LogP contribution is 2.37. The number of rotatable bonds is 2. The Morgan fingerprint density at radius 1 is 1.11 bits per heavy atom. The lowest BCUT2D eigenvalue weighted by atomic mass is 10.1. The van der Waals surface area contributed by atoms with Crippen LogP contribution in [0.2, 0.25) is 5.02 Å². The summed E-state index contributed by atoms with van der Waals surface area (Å²) in [6.45, 7) is 0.838. The fourth-order valence-electron chi connectivity index (χ4n) is 2.53. The van der Waals surface area contributed by atoms with Crippen LogP contribution in [0, 0.1) is 5.82 Å². The standard InChI is InChI=1S/C15H12Cl2FN/c16-9-11-7-12(17)2-4-14(11)19-6-5-10-1-3-13(18)8-15(10)19/h1-4,7-8H,5-6,9H2. The average molecular weight is 296 g/mol. The summed E-state index contributed by atoms with van der Waals surface area (Å²) < 4.78 is 13.4. The second-order valence-electron chi connectivity index (χ2n) is 4.58. The van der Waals surface area contributed by atoms with Crippen LogP contribution in [-0.2, 0) is 12.3 Å². The van der Waals surface area contributed by atoms with Gasteiger partial charge in [-0.15, -0.1) is 11.6 Å². The molecule has 1 aliphatic heterocycles. The quantitative estimate of drug-likeness (QED) is 0.712. The van der Waals surface area contributed by atoms with Crippen molar-refractivity contribution in [3.63, 3.8) is 0 Å². The molecule has 4 heteroatoms. The SMILES string of the molecule is Fc1ccc2c(c1)N(c1ccc(Cl)cc1CCl)CC2. The van der Waals surface area contributed by atoms with E-state index in [4.69, 9.17) is 23.2 Å². The fraction of sp³-hybridized carbons (Fsp3) is 0.200. The Morgan fingerprint density at radius 2 is 1.95 bits per heavy atom. The summed E-state index contributed by atoms with van der Waals surface area (Å²) in [6.07, 6.45) is 0.917. The summed E-state index contributed by atoms with van der Waals surface area (Å²) in [6, 6.07) is 10.6. The van der Waals surface area contributed by atoms with E-state index in [0.29, 0.717) is 10.9 Å². The summed E-state index contributed by atoms with van der Waals surface area (Å²) in [5, 5.41) is 0.665. The van der Waals surface area contributed by atoms with Gasteiger partial charge in [-0.25, -0.2) is 4.39 Å². The molecule has 1 heterocycles. The molecule has 0 saturated heterocycles. The van der Waals surface area contributed by atoms with E-state index in [1.165, 1.54) is 6.07 Å². The molecule has 0 fully saturated rings. The van der Waals surface area contributed by atoms with Gasteiger partial charge in [-0.1, -0.05) is 17.7 Å². The number of anilines is 2. The van der Waals surface area contributed by atoms with Gasteiger partial charge in [-0.2, -0.15) is 0 Å². The molecule has 0 N–H and O–H groups in total. The maximum atomic E-state index is 13.4. The highest BCUT2D eigenvalue weighted by atomic mass is 35.5. The number of halogens is 3. The van der Waals surface area contributed by atoms with Crippen LogP contribution in [0.25, 0.3) is 0 Å². The van der Waals surface area contributed by atoms with Crippen molar-refractivity contribution >= 4 is 34.6 Å². The lowest BCUT2D eigenvalue weighted by Crippen LogP contribution is -2.15. The summed E-state index contributed by atoms with van der Waals surface area (Å²) in [5.74, 6) is 0.170. The molecular weight excluding hydrogens is 284 g/mol. The molecule has 0 radical (unpaired) electrons. The first kappa shape index (κ1) is 12.8. The Balaban J connectivity index is 2.08. The lowest BCUT2D eigenvalue weighted by Gasteiger charge is -2.22. The third-order valence-electron chi connectivity index (χ3n) is 3.42. The Hall–Kier alpha value is -1.25. The molecule has 98 valence electrons. The van der Waals surface area contributed by atoms with Crippen molar-refractivity contribution < 1.29 is 4.39 Å². The van der Waals surface area contributed by atoms with Crippen LogP contribution in [0.3, 0.4) is 0 Å². The van der Waals surface area contributed by atoms with Crippen molar-refractivity contribution in [2.45, 2.75) is 12.3 Å². The second-order valence-corrected chi connectivity index (χ2v) is 5.29. The Morgan fingerprint density at radius 3 is 2.74 bits per heavy atom. The zero-order chi connectivity index (χ0) is 13.4. The minimum atomic E-state index is -0.216. The van der Waals surface area contributed by atoms with E-state index in [0.717, 1.165) is 35.5 Å². The number of fused-ring (bicyclic) bond motifs is 1. The van der Waals surface area contributed by atoms with E-state index < -0.39 is 0 Å². The van der Waals surface area contributed by atoms with Gasteiger partial charge >= 0.3 is 0 Å². The van der Waals surface area contributed by atoms with Gasteiger partial charge in [0.2, 0.25) is 0 Å². The van der Waals surface area contributed by atoms with E-state index >= 15 is 0 Å². The number of hydrogen-bond acceptors (Lipinski definition) is 1. The molecule has 0 bridgehead atoms. The van der Waals surface area contributed by atoms with Gasteiger partial charge in [-0.3, -0.25) is 0 Å². The third-order valence-corrected chi connectivity index (χ3v) is 3.94. The van der Waals surface area contributed by atoms with Gasteiger partial charge in [0.05, 0.1) is 0 Å². The highest BCUT2D eigenvalue weighted by molar-refractivity contribution is 6.30. The van der Waals surface area contributed by atoms with Gasteiger partial charge in [0, 0.05) is 28.8 Å². The topological polar surface area (TPSA) is 3.24 Å². The molecule has 0 atom stereocenters. The Bertz CT molecular complexity index is 628. The van der Waals surface area contributed by atoms with Crippen LogP contribution < -0.4 is 4.90 Å². The van der Waals surface area contributed by atoms with Crippen molar-refractivity contribution in [1.29, 1.82) is 0 Å². The zero-order valence-electron chi connectivity index (χ0n) is 10.2. The van der Waals surface area contributed by atoms with Crippen LogP contribution in [0.1, 0.15) is 11.1 Å². The Kier molecular flexibility index (Phi) is 3.38. The summed E-state index contributed by atoms with van der Waals surface area (Å²) in [4.78, 5) is 2.10. The minimum Gasteiger partial charge on any atom is -0.341 e. The van der Waals surface area contributed by atoms with Crippen molar-refractivity contribution in [3.8, 4) is 0 Å². The van der Waals surface area contributed by atoms with Crippen molar-refractivity contribution in [2.24, 2.45) is 0 Å². The summed E-state index contributed by atoms with van der Waals surface area (Å²) in [5.41, 5.74) is 4.06. The van der Waals surface area contributed by atoms with Crippen LogP contribution in [0.4, 0.5) is 15.8 Å². The van der Waals surface area contributed by atoms with Crippen molar-refractivity contribution in [2.75, 3.05) is 11.4 Å². The molecular formula is C15H12Cl2FN. The predicted octanol–water partition coefficient (Wildman–Crippen LogP) is 4.91. The van der Waals surface area contributed by atoms with E-state index in [2.05, 4.69) is 4.90 Å². The first-order valence-corrected chi connectivity index (χ1v) is 7.00. The fourth-order valence-corrected chi connectivity index (χ4v) is 2.94. The van der Waals surface area contributed by atoms with E-state index in [9.17, 15) is 4.39 Å². The molecule has 0 saturated carbocycles. The monoisotopic (exact) mass is 295 g/mol. The van der Waals surface area contributed by atoms with Crippen LogP contribution in [-0.4, -0.2) is 6.54 Å². The normalized spacial score (nSPS) is 13.7. The highest BCUT2D eigenvalue weighted by Gasteiger charge is 2.22. The first-order valence-electron chi connectivity index (χ1n) is 6.09. The molecule has 2 aromatic rings.